The van der Waals surface area contributed by atoms with Crippen molar-refractivity contribution in [3.8, 4) is 22.3 Å². The fraction of sp³-hybridized carbons (Fsp3) is 0.125. The van der Waals surface area contributed by atoms with E-state index in [1.807, 2.05) is 37.4 Å². The maximum atomic E-state index is 12.1. The molecule has 134 valence electrons. The molecule has 27 heavy (non-hydrogen) atoms. The minimum Gasteiger partial charge on any atom is -0.462 e. The maximum absolute atomic E-state index is 12.1. The van der Waals surface area contributed by atoms with E-state index in [-0.39, 0.29) is 5.97 Å². The summed E-state index contributed by atoms with van der Waals surface area (Å²) >= 11 is 0. The van der Waals surface area contributed by atoms with Gasteiger partial charge >= 0.3 is 5.97 Å². The standard InChI is InChI=1S/C24H21NO2/c1-3-27-24(26)21-13-14-25-16-17(2)23(22(25)15-21)20-11-9-19(10-12-20)18-7-5-4-6-8-18/h4-16H,3H2,1-2H3. The number of aromatic nitrogens is 1. The minimum absolute atomic E-state index is 0.288. The lowest BCUT2D eigenvalue weighted by Crippen LogP contribution is -2.04. The van der Waals surface area contributed by atoms with Crippen molar-refractivity contribution in [2.45, 2.75) is 13.8 Å². The molecule has 0 aliphatic carbocycles. The lowest BCUT2D eigenvalue weighted by Gasteiger charge is -2.07. The zero-order valence-electron chi connectivity index (χ0n) is 15.5. The van der Waals surface area contributed by atoms with Gasteiger partial charge in [0.05, 0.1) is 17.7 Å². The molecular weight excluding hydrogens is 334 g/mol. The van der Waals surface area contributed by atoms with Crippen LogP contribution in [0.3, 0.4) is 0 Å². The number of nitrogens with zero attached hydrogens (tertiary/aromatic N) is 1. The molecule has 2 aromatic carbocycles. The van der Waals surface area contributed by atoms with Crippen molar-refractivity contribution in [3.05, 3.63) is 90.3 Å². The average Bonchev–Trinajstić information content (AvgIpc) is 3.04. The van der Waals surface area contributed by atoms with Gasteiger partial charge in [-0.15, -0.1) is 0 Å². The molecule has 2 aromatic heterocycles. The molecule has 3 nitrogen and oxygen atoms in total. The van der Waals surface area contributed by atoms with Crippen LogP contribution in [0.1, 0.15) is 22.8 Å². The van der Waals surface area contributed by atoms with Crippen LogP contribution < -0.4 is 0 Å². The molecule has 0 unspecified atom stereocenters. The van der Waals surface area contributed by atoms with E-state index in [1.165, 1.54) is 16.7 Å². The lowest BCUT2D eigenvalue weighted by atomic mass is 9.99. The van der Waals surface area contributed by atoms with Gasteiger partial charge in [0.2, 0.25) is 0 Å². The Labute approximate surface area is 158 Å². The third-order valence-electron chi connectivity index (χ3n) is 4.76. The molecular formula is C24H21NO2. The lowest BCUT2D eigenvalue weighted by molar-refractivity contribution is 0.0526. The van der Waals surface area contributed by atoms with Crippen LogP contribution in [0.15, 0.2) is 79.1 Å². The van der Waals surface area contributed by atoms with Gasteiger partial charge in [-0.3, -0.25) is 0 Å². The molecule has 0 N–H and O–H groups in total. The van der Waals surface area contributed by atoms with Crippen molar-refractivity contribution in [3.63, 3.8) is 0 Å². The van der Waals surface area contributed by atoms with Gasteiger partial charge in [0, 0.05) is 18.0 Å². The smallest absolute Gasteiger partial charge is 0.338 e. The first-order valence-corrected chi connectivity index (χ1v) is 9.11. The molecule has 0 amide bonds. The normalized spacial score (nSPS) is 10.9. The van der Waals surface area contributed by atoms with Crippen LogP contribution in [0.25, 0.3) is 27.8 Å². The zero-order chi connectivity index (χ0) is 18.8. The number of rotatable bonds is 4. The fourth-order valence-electron chi connectivity index (χ4n) is 3.48. The number of hydrogen-bond acceptors (Lipinski definition) is 2. The molecule has 2 heterocycles. The van der Waals surface area contributed by atoms with E-state index in [0.29, 0.717) is 12.2 Å². The Morgan fingerprint density at radius 3 is 2.30 bits per heavy atom. The topological polar surface area (TPSA) is 30.7 Å². The largest absolute Gasteiger partial charge is 0.462 e. The molecule has 0 aliphatic rings. The van der Waals surface area contributed by atoms with Crippen molar-refractivity contribution < 1.29 is 9.53 Å². The number of carbonyl (C=O) groups is 1. The number of carbonyl (C=O) groups excluding carboxylic acids is 1. The Hall–Kier alpha value is -3.33. The van der Waals surface area contributed by atoms with Crippen molar-refractivity contribution in [2.75, 3.05) is 6.61 Å². The fourth-order valence-corrected chi connectivity index (χ4v) is 3.48. The predicted octanol–water partition coefficient (Wildman–Crippen LogP) is 5.76. The Morgan fingerprint density at radius 1 is 0.926 bits per heavy atom. The molecule has 0 aliphatic heterocycles. The number of ether oxygens (including phenoxy) is 1. The summed E-state index contributed by atoms with van der Waals surface area (Å²) < 4.78 is 7.20. The molecule has 0 fully saturated rings. The molecule has 0 atom stereocenters. The highest BCUT2D eigenvalue weighted by Crippen LogP contribution is 2.32. The summed E-state index contributed by atoms with van der Waals surface area (Å²) in [7, 11) is 0. The molecule has 4 aromatic rings. The molecule has 0 saturated carbocycles. The molecule has 4 rings (SSSR count). The Morgan fingerprint density at radius 2 is 1.59 bits per heavy atom. The molecule has 0 spiro atoms. The monoisotopic (exact) mass is 355 g/mol. The summed E-state index contributed by atoms with van der Waals surface area (Å²) in [5.74, 6) is -0.288. The molecule has 3 heteroatoms. The zero-order valence-corrected chi connectivity index (χ0v) is 15.5. The van der Waals surface area contributed by atoms with Crippen molar-refractivity contribution >= 4 is 11.5 Å². The first kappa shape index (κ1) is 17.1. The van der Waals surface area contributed by atoms with Gasteiger partial charge in [0.1, 0.15) is 0 Å². The van der Waals surface area contributed by atoms with Gasteiger partial charge in [0.25, 0.3) is 0 Å². The Bertz CT molecular complexity index is 1090. The van der Waals surface area contributed by atoms with E-state index >= 15 is 0 Å². The average molecular weight is 355 g/mol. The number of fused-ring (bicyclic) bond motifs is 1. The highest BCUT2D eigenvalue weighted by atomic mass is 16.5. The maximum Gasteiger partial charge on any atom is 0.338 e. The number of benzene rings is 2. The Balaban J connectivity index is 1.77. The van der Waals surface area contributed by atoms with Gasteiger partial charge in [-0.1, -0.05) is 54.6 Å². The minimum atomic E-state index is -0.288. The summed E-state index contributed by atoms with van der Waals surface area (Å²) in [5, 5.41) is 0. The van der Waals surface area contributed by atoms with Gasteiger partial charge in [-0.25, -0.2) is 4.79 Å². The molecule has 0 radical (unpaired) electrons. The molecule has 0 saturated heterocycles. The second kappa shape index (κ2) is 7.12. The van der Waals surface area contributed by atoms with Gasteiger partial charge < -0.3 is 9.14 Å². The summed E-state index contributed by atoms with van der Waals surface area (Å²) in [4.78, 5) is 12.1. The van der Waals surface area contributed by atoms with E-state index in [9.17, 15) is 4.79 Å². The number of aryl methyl sites for hydroxylation is 1. The van der Waals surface area contributed by atoms with Crippen molar-refractivity contribution in [2.24, 2.45) is 0 Å². The van der Waals surface area contributed by atoms with Crippen LogP contribution in [-0.4, -0.2) is 17.0 Å². The Kier molecular flexibility index (Phi) is 4.51. The van der Waals surface area contributed by atoms with Gasteiger partial charge in [0.15, 0.2) is 0 Å². The van der Waals surface area contributed by atoms with Crippen LogP contribution in [-0.2, 0) is 4.74 Å². The number of hydrogen-bond donors (Lipinski definition) is 0. The van der Waals surface area contributed by atoms with Crippen molar-refractivity contribution in [1.29, 1.82) is 0 Å². The van der Waals surface area contributed by atoms with Crippen LogP contribution in [0.2, 0.25) is 0 Å². The second-order valence-corrected chi connectivity index (χ2v) is 6.56. The number of pyridine rings is 1. The van der Waals surface area contributed by atoms with E-state index in [1.54, 1.807) is 6.07 Å². The third-order valence-corrected chi connectivity index (χ3v) is 4.76. The summed E-state index contributed by atoms with van der Waals surface area (Å²) in [6, 6.07) is 22.6. The van der Waals surface area contributed by atoms with E-state index in [0.717, 1.165) is 16.6 Å². The highest BCUT2D eigenvalue weighted by Gasteiger charge is 2.13. The van der Waals surface area contributed by atoms with Gasteiger partial charge in [-0.05, 0) is 48.2 Å². The quantitative estimate of drug-likeness (QED) is 0.436. The first-order chi connectivity index (χ1) is 13.2. The summed E-state index contributed by atoms with van der Waals surface area (Å²) in [6.45, 7) is 4.28. The SMILES string of the molecule is CCOC(=O)c1ccn2cc(C)c(-c3ccc(-c4ccccc4)cc3)c2c1. The second-order valence-electron chi connectivity index (χ2n) is 6.56. The molecule has 0 bridgehead atoms. The van der Waals surface area contributed by atoms with Gasteiger partial charge in [-0.2, -0.15) is 0 Å². The third kappa shape index (κ3) is 3.24. The van der Waals surface area contributed by atoms with E-state index < -0.39 is 0 Å². The highest BCUT2D eigenvalue weighted by molar-refractivity contribution is 5.94. The van der Waals surface area contributed by atoms with E-state index in [4.69, 9.17) is 4.74 Å². The van der Waals surface area contributed by atoms with Crippen molar-refractivity contribution in [1.82, 2.24) is 4.40 Å². The first-order valence-electron chi connectivity index (χ1n) is 9.11. The predicted molar refractivity (Wildman–Crippen MR) is 109 cm³/mol. The van der Waals surface area contributed by atoms with E-state index in [2.05, 4.69) is 53.9 Å². The van der Waals surface area contributed by atoms with Crippen LogP contribution >= 0.6 is 0 Å². The van der Waals surface area contributed by atoms with Crippen LogP contribution in [0.5, 0.6) is 0 Å². The van der Waals surface area contributed by atoms with Crippen LogP contribution in [0, 0.1) is 6.92 Å². The number of esters is 1. The van der Waals surface area contributed by atoms with Crippen LogP contribution in [0.4, 0.5) is 0 Å². The summed E-state index contributed by atoms with van der Waals surface area (Å²) in [6.07, 6.45) is 4.00. The summed E-state index contributed by atoms with van der Waals surface area (Å²) in [5.41, 5.74) is 7.41.